The van der Waals surface area contributed by atoms with Crippen molar-refractivity contribution in [2.45, 2.75) is 28.1 Å². The molecule has 8 amide bonds. The molecule has 0 aromatic heterocycles. The molecule has 8 rings (SSSR count). The first-order chi connectivity index (χ1) is 39.5. The molecular formula is C52H51F8N7O17. The number of nitrogens with one attached hydrogen (secondary N) is 3. The summed E-state index contributed by atoms with van der Waals surface area (Å²) in [7, 11) is 0. The van der Waals surface area contributed by atoms with Gasteiger partial charge in [0.1, 0.15) is 86.4 Å². The van der Waals surface area contributed by atoms with Crippen molar-refractivity contribution in [3.8, 4) is 0 Å². The summed E-state index contributed by atoms with van der Waals surface area (Å²) in [6, 6.07) is 24.0. The van der Waals surface area contributed by atoms with E-state index in [2.05, 4.69) is 35.3 Å². The van der Waals surface area contributed by atoms with Gasteiger partial charge in [-0.25, -0.2) is 68.7 Å². The largest absolute Gasteiger partial charge is 0.447 e. The van der Waals surface area contributed by atoms with Crippen LogP contribution in [0, 0.1) is 29.1 Å². The molecule has 5 aromatic rings. The average molecular weight is 1200 g/mol. The van der Waals surface area contributed by atoms with Crippen molar-refractivity contribution in [3.05, 3.63) is 178 Å². The van der Waals surface area contributed by atoms with Gasteiger partial charge in [-0.15, -0.1) is 0 Å². The number of aliphatic hydroxyl groups excluding tert-OH is 2. The highest BCUT2D eigenvalue weighted by atomic mass is 19.2. The highest BCUT2D eigenvalue weighted by Gasteiger charge is 2.47. The molecule has 0 aliphatic carbocycles. The van der Waals surface area contributed by atoms with Gasteiger partial charge in [0.2, 0.25) is 11.3 Å². The van der Waals surface area contributed by atoms with Gasteiger partial charge in [0.25, 0.3) is 5.91 Å². The Morgan fingerprint density at radius 1 is 0.476 bits per heavy atom. The molecule has 24 nitrogen and oxygen atoms in total. The number of aliphatic hydroxyl groups is 2. The first-order valence-corrected chi connectivity index (χ1v) is 23.7. The van der Waals surface area contributed by atoms with Crippen LogP contribution < -0.4 is 38.9 Å². The molecule has 4 unspecified atom stereocenters. The van der Waals surface area contributed by atoms with Crippen LogP contribution >= 0.6 is 0 Å². The van der Waals surface area contributed by atoms with Gasteiger partial charge in [0, 0.05) is 5.56 Å². The number of halogens is 8. The van der Waals surface area contributed by atoms with Crippen LogP contribution in [0.3, 0.4) is 0 Å². The van der Waals surface area contributed by atoms with Crippen molar-refractivity contribution in [3.63, 3.8) is 0 Å². The predicted octanol–water partition coefficient (Wildman–Crippen LogP) is 5.13. The number of nitrogens with two attached hydrogens (primary N) is 4. The van der Waals surface area contributed by atoms with Crippen LogP contribution in [0.15, 0.2) is 121 Å². The highest BCUT2D eigenvalue weighted by Crippen LogP contribution is 2.32. The summed E-state index contributed by atoms with van der Waals surface area (Å²) >= 11 is 0. The lowest BCUT2D eigenvalue weighted by Gasteiger charge is -2.27. The van der Waals surface area contributed by atoms with E-state index in [9.17, 15) is 78.6 Å². The zero-order chi connectivity index (χ0) is 62.5. The molecule has 5 aromatic carbocycles. The smallest absolute Gasteiger partial charge is 0.414 e. The van der Waals surface area contributed by atoms with E-state index in [0.717, 1.165) is 72.8 Å². The van der Waals surface area contributed by atoms with Crippen molar-refractivity contribution in [1.82, 2.24) is 16.0 Å². The van der Waals surface area contributed by atoms with Crippen LogP contribution in [-0.4, -0.2) is 118 Å². The van der Waals surface area contributed by atoms with Crippen LogP contribution in [0.1, 0.15) is 27.8 Å². The number of benzene rings is 5. The zero-order valence-electron chi connectivity index (χ0n) is 43.3. The molecular weight excluding hydrogens is 1150 g/mol. The Balaban J connectivity index is 0.000000226. The molecule has 84 heavy (non-hydrogen) atoms. The van der Waals surface area contributed by atoms with Gasteiger partial charge in [-0.05, 0) is 82.9 Å². The first-order valence-electron chi connectivity index (χ1n) is 23.7. The average Bonchev–Trinajstić information content (AvgIpc) is 4.26. The van der Waals surface area contributed by atoms with Crippen LogP contribution in [0.5, 0.6) is 0 Å². The van der Waals surface area contributed by atoms with Crippen molar-refractivity contribution < 1.29 is 117 Å². The van der Waals surface area contributed by atoms with E-state index in [-0.39, 0.29) is 48.9 Å². The van der Waals surface area contributed by atoms with Crippen LogP contribution in [0.2, 0.25) is 0 Å². The van der Waals surface area contributed by atoms with Gasteiger partial charge in [0.15, 0.2) is 5.67 Å². The van der Waals surface area contributed by atoms with Crippen molar-refractivity contribution in [2.75, 3.05) is 59.5 Å². The second kappa shape index (κ2) is 29.7. The van der Waals surface area contributed by atoms with E-state index in [1.165, 1.54) is 48.5 Å². The topological polar surface area (TPSA) is 382 Å². The quantitative estimate of drug-likeness (QED) is 0.0485. The normalized spacial score (nSPS) is 19.1. The second-order valence-electron chi connectivity index (χ2n) is 17.6. The Hall–Kier alpha value is -9.98. The van der Waals surface area contributed by atoms with Crippen molar-refractivity contribution in [1.29, 1.82) is 0 Å². The van der Waals surface area contributed by atoms with Gasteiger partial charge >= 0.3 is 42.7 Å². The summed E-state index contributed by atoms with van der Waals surface area (Å²) in [5, 5.41) is 25.0. The summed E-state index contributed by atoms with van der Waals surface area (Å²) in [5.41, 5.74) is 11.1. The number of alkyl carbamates (subject to hydrolysis) is 3. The molecule has 0 spiro atoms. The predicted molar refractivity (Wildman–Crippen MR) is 268 cm³/mol. The molecule has 0 radical (unpaired) electrons. The summed E-state index contributed by atoms with van der Waals surface area (Å²) in [4.78, 5) is 86.1. The third-order valence-corrected chi connectivity index (χ3v) is 11.7. The summed E-state index contributed by atoms with van der Waals surface area (Å²) in [6.45, 7) is -4.34. The third kappa shape index (κ3) is 19.1. The summed E-state index contributed by atoms with van der Waals surface area (Å²) in [5.74, 6) is -3.51. The van der Waals surface area contributed by atoms with Gasteiger partial charge < -0.3 is 76.9 Å². The Bertz CT molecular complexity index is 3070. The minimum Gasteiger partial charge on any atom is -0.447 e. The Morgan fingerprint density at radius 2 is 0.798 bits per heavy atom. The van der Waals surface area contributed by atoms with E-state index in [1.807, 2.05) is 0 Å². The molecule has 3 aliphatic heterocycles. The lowest BCUT2D eigenvalue weighted by atomic mass is 9.92. The lowest BCUT2D eigenvalue weighted by Crippen LogP contribution is -2.52. The van der Waals surface area contributed by atoms with E-state index in [1.54, 1.807) is 5.32 Å². The summed E-state index contributed by atoms with van der Waals surface area (Å²) in [6.07, 6.45) is -6.68. The van der Waals surface area contributed by atoms with Gasteiger partial charge in [-0.1, -0.05) is 60.7 Å². The van der Waals surface area contributed by atoms with Crippen molar-refractivity contribution >= 4 is 48.6 Å². The molecule has 3 aliphatic rings. The highest BCUT2D eigenvalue weighted by molar-refractivity contribution is 5.99. The number of cyclic esters (lactones) is 3. The fourth-order valence-electron chi connectivity index (χ4n) is 7.16. The SMILES string of the molecule is NC(=O)OCC(F)(CO)c1ccc(F)cc1.NC(=O)OCC(F)(COC(N)=O)c1ccc(F)cc1.NC(=O)OCC1(c2ccc(F)cc2)COC(=O)N1.O=C1NC(=O)C(F)(c2ccc(F)cc2)CO1.O=C1NC(CO)(c2ccc(F)cc2)CO1. The summed E-state index contributed by atoms with van der Waals surface area (Å²) < 4.78 is 138. The number of hydrogen-bond acceptors (Lipinski definition) is 17. The number of amides is 8. The maximum atomic E-state index is 14.6. The molecule has 452 valence electrons. The number of primary amides is 4. The standard InChI is InChI=1S/C11H12F2N2O4.C11H11FN2O4.C10H7F2NO3.C10H11F2NO3.C10H10FNO3/c12-8-3-1-7(2-4-8)11(13,5-18-9(14)16)6-19-10(15)17;12-8-3-1-7(2-4-8)11(5-17-9(13)15)6-18-10(16)14-11;11-7-3-1-6(2-4-7)10(12)5-16-9(15)13-8(10)14;11-8-3-1-7(2-4-8)10(12,5-14)6-16-9(13)15;11-8-3-1-7(2-4-8)10(5-13)6-15-9(14)12-10/h1-4H,5-6H2,(H2,14,16)(H2,15,17);1-4H,5-6H2,(H2,13,15)(H,14,16);1-4H,5H2,(H,13,14,15);1-4,14H,5-6H2,(H2,13,15);1-4,13H,5-6H2,(H,12,14). The van der Waals surface area contributed by atoms with Crippen molar-refractivity contribution in [2.24, 2.45) is 22.9 Å². The van der Waals surface area contributed by atoms with E-state index >= 15 is 0 Å². The number of ether oxygens (including phenoxy) is 7. The van der Waals surface area contributed by atoms with Crippen LogP contribution in [0.4, 0.5) is 68.7 Å². The second-order valence-corrected chi connectivity index (χ2v) is 17.6. The molecule has 32 heteroatoms. The van der Waals surface area contributed by atoms with Crippen LogP contribution in [0.25, 0.3) is 0 Å². The number of rotatable bonds is 15. The maximum absolute atomic E-state index is 14.6. The number of imide groups is 1. The number of carbonyl (C=O) groups is 8. The minimum atomic E-state index is -2.46. The number of hydrogen-bond donors (Lipinski definition) is 9. The van der Waals surface area contributed by atoms with E-state index < -0.39 is 133 Å². The zero-order valence-corrected chi connectivity index (χ0v) is 43.3. The lowest BCUT2D eigenvalue weighted by molar-refractivity contribution is -0.139. The molecule has 13 N–H and O–H groups in total. The monoisotopic (exact) mass is 1200 g/mol. The van der Waals surface area contributed by atoms with Gasteiger partial charge in [-0.3, -0.25) is 10.1 Å². The fraction of sp³-hybridized carbons (Fsp3) is 0.269. The fourth-order valence-corrected chi connectivity index (χ4v) is 7.16. The molecule has 3 saturated heterocycles. The first kappa shape index (κ1) is 66.5. The van der Waals surface area contributed by atoms with E-state index in [0.29, 0.717) is 11.1 Å². The van der Waals surface area contributed by atoms with Crippen LogP contribution in [-0.2, 0) is 66.0 Å². The van der Waals surface area contributed by atoms with Gasteiger partial charge in [0.05, 0.1) is 13.2 Å². The maximum Gasteiger partial charge on any atom is 0.414 e. The molecule has 4 atom stereocenters. The minimum absolute atomic E-state index is 0.0117. The Morgan fingerprint density at radius 3 is 1.13 bits per heavy atom. The molecule has 3 heterocycles. The Kier molecular flexibility index (Phi) is 23.5. The van der Waals surface area contributed by atoms with Gasteiger partial charge in [-0.2, -0.15) is 0 Å². The molecule has 0 saturated carbocycles. The third-order valence-electron chi connectivity index (χ3n) is 11.7. The van der Waals surface area contributed by atoms with E-state index in [4.69, 9.17) is 36.5 Å². The molecule has 3 fully saturated rings. The Labute approximate surface area is 469 Å². The molecule has 0 bridgehead atoms. The number of carbonyl (C=O) groups excluding carboxylic acids is 8. The number of alkyl halides is 3.